The van der Waals surface area contributed by atoms with Crippen LogP contribution in [0.3, 0.4) is 0 Å². The van der Waals surface area contributed by atoms with Crippen molar-refractivity contribution in [2.45, 2.75) is 24.7 Å². The topological polar surface area (TPSA) is 61.4 Å². The van der Waals surface area contributed by atoms with Crippen molar-refractivity contribution in [2.75, 3.05) is 38.5 Å². The van der Waals surface area contributed by atoms with E-state index in [9.17, 15) is 9.59 Å². The molecule has 2 amide bonds. The molecular weight excluding hydrogens is 310 g/mol. The van der Waals surface area contributed by atoms with Gasteiger partial charge in [-0.05, 0) is 31.5 Å². The van der Waals surface area contributed by atoms with Gasteiger partial charge in [0.2, 0.25) is 5.91 Å². The molecule has 0 aromatic heterocycles. The molecule has 1 fully saturated rings. The highest BCUT2D eigenvalue weighted by atomic mass is 32.2. The molecule has 2 rings (SSSR count). The maximum atomic E-state index is 12.3. The van der Waals surface area contributed by atoms with Crippen LogP contribution < -0.4 is 10.6 Å². The van der Waals surface area contributed by atoms with Crippen LogP contribution in [0.25, 0.3) is 0 Å². The zero-order valence-electron chi connectivity index (χ0n) is 13.6. The molecule has 0 bridgehead atoms. The zero-order chi connectivity index (χ0) is 16.5. The summed E-state index contributed by atoms with van der Waals surface area (Å²) in [6, 6.07) is 7.47. The molecule has 5 nitrogen and oxygen atoms in total. The van der Waals surface area contributed by atoms with Crippen LogP contribution in [0, 0.1) is 0 Å². The second-order valence-electron chi connectivity index (χ2n) is 5.48. The first-order valence-electron chi connectivity index (χ1n) is 8.21. The van der Waals surface area contributed by atoms with Crippen molar-refractivity contribution >= 4 is 23.6 Å². The van der Waals surface area contributed by atoms with E-state index in [0.29, 0.717) is 17.9 Å². The summed E-state index contributed by atoms with van der Waals surface area (Å²) in [5, 5.41) is 6.08. The highest BCUT2D eigenvalue weighted by molar-refractivity contribution is 8.00. The van der Waals surface area contributed by atoms with E-state index in [4.69, 9.17) is 0 Å². The van der Waals surface area contributed by atoms with E-state index in [1.807, 2.05) is 36.1 Å². The van der Waals surface area contributed by atoms with E-state index in [1.54, 1.807) is 0 Å². The van der Waals surface area contributed by atoms with E-state index in [2.05, 4.69) is 10.6 Å². The molecule has 1 heterocycles. The van der Waals surface area contributed by atoms with Gasteiger partial charge in [-0.3, -0.25) is 9.59 Å². The van der Waals surface area contributed by atoms with Crippen LogP contribution in [0.1, 0.15) is 30.1 Å². The number of nitrogens with one attached hydrogen (secondary N) is 2. The fourth-order valence-corrected chi connectivity index (χ4v) is 3.47. The minimum atomic E-state index is -0.0837. The molecule has 1 aromatic carbocycles. The smallest absolute Gasteiger partial charge is 0.252 e. The van der Waals surface area contributed by atoms with Crippen molar-refractivity contribution in [3.8, 4) is 0 Å². The molecule has 2 N–H and O–H groups in total. The minimum Gasteiger partial charge on any atom is -0.351 e. The van der Waals surface area contributed by atoms with E-state index in [-0.39, 0.29) is 11.8 Å². The Bertz CT molecular complexity index is 530. The summed E-state index contributed by atoms with van der Waals surface area (Å²) in [4.78, 5) is 27.2. The maximum Gasteiger partial charge on any atom is 0.252 e. The first-order chi connectivity index (χ1) is 11.2. The first-order valence-corrected chi connectivity index (χ1v) is 9.19. The fourth-order valence-electron chi connectivity index (χ4n) is 2.51. The van der Waals surface area contributed by atoms with Crippen molar-refractivity contribution in [3.05, 3.63) is 29.8 Å². The number of hydrogen-bond acceptors (Lipinski definition) is 4. The molecular formula is C17H25N3O2S. The number of nitrogens with zero attached hydrogens (tertiary/aromatic N) is 1. The minimum absolute atomic E-state index is 0.0837. The Morgan fingerprint density at radius 3 is 2.65 bits per heavy atom. The average Bonchev–Trinajstić information content (AvgIpc) is 3.11. The number of hydrogen-bond donors (Lipinski definition) is 2. The number of likely N-dealkylation sites (tertiary alicyclic amines) is 1. The molecule has 1 aliphatic rings. The molecule has 1 saturated heterocycles. The fraction of sp³-hybridized carbons (Fsp3) is 0.529. The molecule has 0 aliphatic carbocycles. The number of benzene rings is 1. The molecule has 0 radical (unpaired) electrons. The molecule has 0 atom stereocenters. The lowest BCUT2D eigenvalue weighted by atomic mass is 10.2. The molecule has 1 aromatic rings. The Hall–Kier alpha value is -1.53. The Morgan fingerprint density at radius 2 is 1.91 bits per heavy atom. The number of amides is 2. The van der Waals surface area contributed by atoms with E-state index in [0.717, 1.165) is 43.9 Å². The van der Waals surface area contributed by atoms with Crippen LogP contribution in [0.2, 0.25) is 0 Å². The summed E-state index contributed by atoms with van der Waals surface area (Å²) in [6.07, 6.45) is 2.20. The van der Waals surface area contributed by atoms with Crippen LogP contribution in [-0.4, -0.2) is 55.2 Å². The van der Waals surface area contributed by atoms with E-state index in [1.165, 1.54) is 11.8 Å². The third-order valence-corrected chi connectivity index (χ3v) is 4.84. The first kappa shape index (κ1) is 17.8. The molecule has 0 unspecified atom stereocenters. The van der Waals surface area contributed by atoms with Crippen LogP contribution in [0.15, 0.2) is 29.2 Å². The Balaban J connectivity index is 1.88. The van der Waals surface area contributed by atoms with Gasteiger partial charge in [0.15, 0.2) is 0 Å². The maximum absolute atomic E-state index is 12.3. The molecule has 6 heteroatoms. The molecule has 1 aliphatic heterocycles. The lowest BCUT2D eigenvalue weighted by Crippen LogP contribution is -2.32. The predicted octanol–water partition coefficient (Wildman–Crippen LogP) is 1.74. The summed E-state index contributed by atoms with van der Waals surface area (Å²) in [5.41, 5.74) is 0.642. The number of rotatable bonds is 8. The van der Waals surface area contributed by atoms with Gasteiger partial charge in [-0.2, -0.15) is 0 Å². The highest BCUT2D eigenvalue weighted by Gasteiger charge is 2.19. The van der Waals surface area contributed by atoms with Gasteiger partial charge in [-0.1, -0.05) is 19.1 Å². The van der Waals surface area contributed by atoms with Gasteiger partial charge in [0.1, 0.15) is 0 Å². The number of carbonyl (C=O) groups excluding carboxylic acids is 2. The molecule has 0 spiro atoms. The van der Waals surface area contributed by atoms with Gasteiger partial charge in [0.25, 0.3) is 5.91 Å². The summed E-state index contributed by atoms with van der Waals surface area (Å²) in [5.74, 6) is 0.469. The largest absolute Gasteiger partial charge is 0.351 e. The zero-order valence-corrected chi connectivity index (χ0v) is 14.5. The summed E-state index contributed by atoms with van der Waals surface area (Å²) >= 11 is 1.45. The third kappa shape index (κ3) is 5.55. The van der Waals surface area contributed by atoms with Crippen molar-refractivity contribution in [1.29, 1.82) is 0 Å². The Labute approximate surface area is 142 Å². The monoisotopic (exact) mass is 335 g/mol. The van der Waals surface area contributed by atoms with Gasteiger partial charge in [-0.15, -0.1) is 11.8 Å². The summed E-state index contributed by atoms with van der Waals surface area (Å²) < 4.78 is 0. The quantitative estimate of drug-likeness (QED) is 0.561. The second kappa shape index (κ2) is 9.57. The lowest BCUT2D eigenvalue weighted by molar-refractivity contribution is -0.127. The van der Waals surface area contributed by atoms with E-state index < -0.39 is 0 Å². The van der Waals surface area contributed by atoms with Gasteiger partial charge < -0.3 is 15.5 Å². The van der Waals surface area contributed by atoms with Crippen LogP contribution >= 0.6 is 11.8 Å². The van der Waals surface area contributed by atoms with Crippen LogP contribution in [0.4, 0.5) is 0 Å². The van der Waals surface area contributed by atoms with Crippen LogP contribution in [-0.2, 0) is 4.79 Å². The SMILES string of the molecule is CCNCCNC(=O)c1ccccc1SCC(=O)N1CCCC1. The van der Waals surface area contributed by atoms with Crippen molar-refractivity contribution in [1.82, 2.24) is 15.5 Å². The summed E-state index contributed by atoms with van der Waals surface area (Å²) in [6.45, 7) is 6.01. The highest BCUT2D eigenvalue weighted by Crippen LogP contribution is 2.23. The average molecular weight is 335 g/mol. The van der Waals surface area contributed by atoms with Crippen molar-refractivity contribution in [2.24, 2.45) is 0 Å². The van der Waals surface area contributed by atoms with Gasteiger partial charge in [0, 0.05) is 31.1 Å². The molecule has 126 valence electrons. The van der Waals surface area contributed by atoms with E-state index >= 15 is 0 Å². The molecule has 0 saturated carbocycles. The normalized spacial score (nSPS) is 14.0. The number of thioether (sulfide) groups is 1. The van der Waals surface area contributed by atoms with Gasteiger partial charge in [0.05, 0.1) is 11.3 Å². The standard InChI is InChI=1S/C17H25N3O2S/c1-2-18-9-10-19-17(22)14-7-3-4-8-15(14)23-13-16(21)20-11-5-6-12-20/h3-4,7-8,18H,2,5-6,9-13H2,1H3,(H,19,22). The predicted molar refractivity (Wildman–Crippen MR) is 93.9 cm³/mol. The van der Waals surface area contributed by atoms with Gasteiger partial charge >= 0.3 is 0 Å². The van der Waals surface area contributed by atoms with Crippen molar-refractivity contribution in [3.63, 3.8) is 0 Å². The molecule has 23 heavy (non-hydrogen) atoms. The Kier molecular flexibility index (Phi) is 7.42. The summed E-state index contributed by atoms with van der Waals surface area (Å²) in [7, 11) is 0. The second-order valence-corrected chi connectivity index (χ2v) is 6.50. The number of carbonyl (C=O) groups is 2. The Morgan fingerprint density at radius 1 is 1.17 bits per heavy atom. The van der Waals surface area contributed by atoms with Crippen molar-refractivity contribution < 1.29 is 9.59 Å². The van der Waals surface area contributed by atoms with Crippen LogP contribution in [0.5, 0.6) is 0 Å². The number of likely N-dealkylation sites (N-methyl/N-ethyl adjacent to an activating group) is 1. The third-order valence-electron chi connectivity index (χ3n) is 3.78. The lowest BCUT2D eigenvalue weighted by Gasteiger charge is -2.15. The van der Waals surface area contributed by atoms with Gasteiger partial charge in [-0.25, -0.2) is 0 Å².